The number of pyridine rings is 2. The Labute approximate surface area is 185 Å². The van der Waals surface area contributed by atoms with Gasteiger partial charge in [-0.15, -0.1) is 0 Å². The van der Waals surface area contributed by atoms with Crippen molar-refractivity contribution in [3.8, 4) is 11.3 Å². The number of hydrazine groups is 1. The summed E-state index contributed by atoms with van der Waals surface area (Å²) in [5.41, 5.74) is 11.4. The first-order valence-electron chi connectivity index (χ1n) is 9.76. The van der Waals surface area contributed by atoms with Crippen LogP contribution in [0.15, 0.2) is 73.1 Å². The van der Waals surface area contributed by atoms with E-state index in [2.05, 4.69) is 21.2 Å². The zero-order valence-electron chi connectivity index (χ0n) is 17.1. The van der Waals surface area contributed by atoms with Crippen LogP contribution in [0.25, 0.3) is 22.2 Å². The summed E-state index contributed by atoms with van der Waals surface area (Å²) in [6, 6.07) is 19.0. The number of para-hydroxylation sites is 1. The number of benzene rings is 2. The number of carbonyl (C=O) groups is 1. The normalized spacial score (nSPS) is 10.5. The van der Waals surface area contributed by atoms with Crippen LogP contribution in [0.2, 0.25) is 0 Å². The lowest BCUT2D eigenvalue weighted by molar-refractivity contribution is 0.0946. The molecule has 1 amide bonds. The molecule has 0 saturated heterocycles. The van der Waals surface area contributed by atoms with Gasteiger partial charge in [0.2, 0.25) is 0 Å². The van der Waals surface area contributed by atoms with Crippen molar-refractivity contribution in [1.29, 1.82) is 0 Å². The van der Waals surface area contributed by atoms with E-state index in [1.807, 2.05) is 68.4 Å². The van der Waals surface area contributed by atoms with Gasteiger partial charge in [-0.05, 0) is 67.5 Å². The van der Waals surface area contributed by atoms with Gasteiger partial charge < -0.3 is 5.32 Å². The standard InChI is InChI=1S/C24H21N5OS/c1-15-6-5-9-20(16(15)2)27-24(31)29-28-23(30)19-14-22(17-10-12-25-13-11-17)26-21-8-4-3-7-18(19)21/h3-14H,1-2H3,(H,28,30)(H2,27,29,31). The lowest BCUT2D eigenvalue weighted by Gasteiger charge is -2.15. The topological polar surface area (TPSA) is 78.9 Å². The van der Waals surface area contributed by atoms with Gasteiger partial charge in [0.05, 0.1) is 16.8 Å². The van der Waals surface area contributed by atoms with Crippen molar-refractivity contribution >= 4 is 39.8 Å². The van der Waals surface area contributed by atoms with Crippen molar-refractivity contribution in [2.75, 3.05) is 5.32 Å². The van der Waals surface area contributed by atoms with Crippen LogP contribution in [-0.4, -0.2) is 21.0 Å². The summed E-state index contributed by atoms with van der Waals surface area (Å²) in [6.07, 6.45) is 3.40. The highest BCUT2D eigenvalue weighted by Gasteiger charge is 2.14. The number of anilines is 1. The maximum atomic E-state index is 13.0. The van der Waals surface area contributed by atoms with E-state index in [-0.39, 0.29) is 5.91 Å². The zero-order valence-corrected chi connectivity index (χ0v) is 18.0. The van der Waals surface area contributed by atoms with Crippen LogP contribution < -0.4 is 16.2 Å². The quantitative estimate of drug-likeness (QED) is 0.329. The highest BCUT2D eigenvalue weighted by Crippen LogP contribution is 2.24. The third kappa shape index (κ3) is 4.51. The Kier molecular flexibility index (Phi) is 5.86. The first-order chi connectivity index (χ1) is 15.0. The number of nitrogens with zero attached hydrogens (tertiary/aromatic N) is 2. The molecule has 0 aliphatic heterocycles. The van der Waals surface area contributed by atoms with Crippen LogP contribution in [0.5, 0.6) is 0 Å². The molecule has 0 aliphatic rings. The van der Waals surface area contributed by atoms with Crippen LogP contribution in [0, 0.1) is 13.8 Å². The maximum Gasteiger partial charge on any atom is 0.270 e. The molecular weight excluding hydrogens is 406 g/mol. The van der Waals surface area contributed by atoms with E-state index >= 15 is 0 Å². The third-order valence-corrected chi connectivity index (χ3v) is 5.28. The number of carbonyl (C=O) groups excluding carboxylic acids is 1. The number of hydrogen-bond acceptors (Lipinski definition) is 4. The molecule has 154 valence electrons. The van der Waals surface area contributed by atoms with Crippen molar-refractivity contribution in [3.05, 3.63) is 89.7 Å². The number of hydrogen-bond donors (Lipinski definition) is 3. The van der Waals surface area contributed by atoms with Crippen molar-refractivity contribution in [2.45, 2.75) is 13.8 Å². The zero-order chi connectivity index (χ0) is 21.8. The van der Waals surface area contributed by atoms with E-state index in [4.69, 9.17) is 17.2 Å². The second-order valence-corrected chi connectivity index (χ2v) is 7.50. The van der Waals surface area contributed by atoms with Crippen molar-refractivity contribution in [2.24, 2.45) is 0 Å². The highest BCUT2D eigenvalue weighted by molar-refractivity contribution is 7.80. The summed E-state index contributed by atoms with van der Waals surface area (Å²) in [5, 5.41) is 4.18. The van der Waals surface area contributed by atoms with E-state index in [1.54, 1.807) is 18.5 Å². The molecule has 2 aromatic carbocycles. The monoisotopic (exact) mass is 427 g/mol. The summed E-state index contributed by atoms with van der Waals surface area (Å²) in [7, 11) is 0. The fraction of sp³-hybridized carbons (Fsp3) is 0.0833. The van der Waals surface area contributed by atoms with Gasteiger partial charge in [-0.25, -0.2) is 4.98 Å². The lowest BCUT2D eigenvalue weighted by Crippen LogP contribution is -2.44. The van der Waals surface area contributed by atoms with Gasteiger partial charge in [-0.2, -0.15) is 0 Å². The molecule has 0 radical (unpaired) electrons. The fourth-order valence-electron chi connectivity index (χ4n) is 3.25. The van der Waals surface area contributed by atoms with Crippen LogP contribution in [-0.2, 0) is 0 Å². The average molecular weight is 428 g/mol. The molecule has 7 heteroatoms. The Hall–Kier alpha value is -3.84. The first-order valence-corrected chi connectivity index (χ1v) is 10.2. The minimum Gasteiger partial charge on any atom is -0.331 e. The Morgan fingerprint density at radius 3 is 2.52 bits per heavy atom. The van der Waals surface area contributed by atoms with Crippen LogP contribution in [0.1, 0.15) is 21.5 Å². The second-order valence-electron chi connectivity index (χ2n) is 7.09. The van der Waals surface area contributed by atoms with Gasteiger partial charge in [0, 0.05) is 29.0 Å². The van der Waals surface area contributed by atoms with E-state index in [1.165, 1.54) is 0 Å². The van der Waals surface area contributed by atoms with E-state index in [9.17, 15) is 4.79 Å². The molecular formula is C24H21N5OS. The highest BCUT2D eigenvalue weighted by atomic mass is 32.1. The number of thiocarbonyl (C=S) groups is 1. The molecule has 4 rings (SSSR count). The van der Waals surface area contributed by atoms with E-state index < -0.39 is 0 Å². The largest absolute Gasteiger partial charge is 0.331 e. The molecule has 0 spiro atoms. The van der Waals surface area contributed by atoms with Gasteiger partial charge in [-0.1, -0.05) is 30.3 Å². The Balaban J connectivity index is 1.56. The predicted molar refractivity (Wildman–Crippen MR) is 128 cm³/mol. The fourth-order valence-corrected chi connectivity index (χ4v) is 3.42. The summed E-state index contributed by atoms with van der Waals surface area (Å²) < 4.78 is 0. The first kappa shape index (κ1) is 20.4. The number of amides is 1. The molecule has 31 heavy (non-hydrogen) atoms. The molecule has 2 aromatic heterocycles. The molecule has 4 aromatic rings. The van der Waals surface area contributed by atoms with Crippen molar-refractivity contribution in [3.63, 3.8) is 0 Å². The minimum absolute atomic E-state index is 0.301. The number of fused-ring (bicyclic) bond motifs is 1. The maximum absolute atomic E-state index is 13.0. The van der Waals surface area contributed by atoms with E-state index in [0.29, 0.717) is 16.4 Å². The molecule has 0 fully saturated rings. The van der Waals surface area contributed by atoms with Gasteiger partial charge in [0.25, 0.3) is 5.91 Å². The average Bonchev–Trinajstić information content (AvgIpc) is 2.80. The molecule has 0 saturated carbocycles. The Morgan fingerprint density at radius 1 is 0.935 bits per heavy atom. The number of nitrogens with one attached hydrogen (secondary N) is 3. The molecule has 0 bridgehead atoms. The van der Waals surface area contributed by atoms with Gasteiger partial charge >= 0.3 is 0 Å². The van der Waals surface area contributed by atoms with Crippen LogP contribution >= 0.6 is 12.2 Å². The Bertz CT molecular complexity index is 1270. The summed E-state index contributed by atoms with van der Waals surface area (Å²) in [4.78, 5) is 21.8. The van der Waals surface area contributed by atoms with E-state index in [0.717, 1.165) is 33.3 Å². The Morgan fingerprint density at radius 2 is 1.71 bits per heavy atom. The predicted octanol–water partition coefficient (Wildman–Crippen LogP) is 4.55. The van der Waals surface area contributed by atoms with Gasteiger partial charge in [0.1, 0.15) is 0 Å². The number of aromatic nitrogens is 2. The molecule has 2 heterocycles. The van der Waals surface area contributed by atoms with Gasteiger partial charge in [0.15, 0.2) is 5.11 Å². The molecule has 0 unspecified atom stereocenters. The van der Waals surface area contributed by atoms with Crippen molar-refractivity contribution in [1.82, 2.24) is 20.8 Å². The minimum atomic E-state index is -0.306. The van der Waals surface area contributed by atoms with Gasteiger partial charge in [-0.3, -0.25) is 20.6 Å². The number of aryl methyl sites for hydroxylation is 1. The summed E-state index contributed by atoms with van der Waals surface area (Å²) in [5.74, 6) is -0.306. The summed E-state index contributed by atoms with van der Waals surface area (Å²) >= 11 is 5.35. The SMILES string of the molecule is Cc1cccc(NC(=S)NNC(=O)c2cc(-c3ccncc3)nc3ccccc23)c1C. The number of rotatable bonds is 3. The van der Waals surface area contributed by atoms with Crippen LogP contribution in [0.3, 0.4) is 0 Å². The van der Waals surface area contributed by atoms with Crippen LogP contribution in [0.4, 0.5) is 5.69 Å². The molecule has 3 N–H and O–H groups in total. The molecule has 0 atom stereocenters. The molecule has 6 nitrogen and oxygen atoms in total. The van der Waals surface area contributed by atoms with Crippen molar-refractivity contribution < 1.29 is 4.79 Å². The third-order valence-electron chi connectivity index (χ3n) is 5.08. The second kappa shape index (κ2) is 8.89. The summed E-state index contributed by atoms with van der Waals surface area (Å²) in [6.45, 7) is 4.05. The molecule has 0 aliphatic carbocycles. The lowest BCUT2D eigenvalue weighted by atomic mass is 10.0. The smallest absolute Gasteiger partial charge is 0.270 e.